The summed E-state index contributed by atoms with van der Waals surface area (Å²) in [6.07, 6.45) is 2.42. The van der Waals surface area contributed by atoms with Gasteiger partial charge < -0.3 is 4.74 Å². The van der Waals surface area contributed by atoms with Crippen LogP contribution in [0.15, 0.2) is 54.6 Å². The van der Waals surface area contributed by atoms with Gasteiger partial charge in [0.25, 0.3) is 5.91 Å². The molecule has 27 heavy (non-hydrogen) atoms. The Kier molecular flexibility index (Phi) is 4.94. The van der Waals surface area contributed by atoms with E-state index >= 15 is 0 Å². The van der Waals surface area contributed by atoms with Crippen LogP contribution in [0.4, 0.5) is 0 Å². The number of carbonyl (C=O) groups excluding carboxylic acids is 2. The molecule has 2 saturated heterocycles. The minimum absolute atomic E-state index is 0.0869. The lowest BCUT2D eigenvalue weighted by Crippen LogP contribution is -2.42. The molecule has 0 unspecified atom stereocenters. The SMILES string of the molecule is COc1ccccc1C(=O)N1C[C@H]2CC[C@@H](CC1=O)N2Cc1ccccc1. The minimum Gasteiger partial charge on any atom is -0.496 e. The van der Waals surface area contributed by atoms with E-state index in [1.807, 2.05) is 24.3 Å². The molecule has 2 aromatic carbocycles. The molecule has 2 aromatic rings. The van der Waals surface area contributed by atoms with E-state index in [-0.39, 0.29) is 23.9 Å². The highest BCUT2D eigenvalue weighted by Crippen LogP contribution is 2.33. The lowest BCUT2D eigenvalue weighted by Gasteiger charge is -2.28. The van der Waals surface area contributed by atoms with Gasteiger partial charge in [0.1, 0.15) is 5.75 Å². The summed E-state index contributed by atoms with van der Waals surface area (Å²) in [5.41, 5.74) is 1.69. The fraction of sp³-hybridized carbons (Fsp3) is 0.364. The van der Waals surface area contributed by atoms with Crippen molar-refractivity contribution < 1.29 is 14.3 Å². The highest BCUT2D eigenvalue weighted by atomic mass is 16.5. The van der Waals surface area contributed by atoms with Crippen molar-refractivity contribution in [2.45, 2.75) is 37.9 Å². The highest BCUT2D eigenvalue weighted by molar-refractivity contribution is 6.06. The predicted octanol–water partition coefficient (Wildman–Crippen LogP) is 3.10. The van der Waals surface area contributed by atoms with Gasteiger partial charge >= 0.3 is 0 Å². The molecule has 2 aliphatic heterocycles. The Bertz CT molecular complexity index is 836. The average molecular weight is 364 g/mol. The number of para-hydroxylation sites is 1. The lowest BCUT2D eigenvalue weighted by molar-refractivity contribution is -0.128. The smallest absolute Gasteiger partial charge is 0.264 e. The van der Waals surface area contributed by atoms with Crippen LogP contribution in [0.2, 0.25) is 0 Å². The van der Waals surface area contributed by atoms with Gasteiger partial charge in [0.15, 0.2) is 0 Å². The summed E-state index contributed by atoms with van der Waals surface area (Å²) in [6.45, 7) is 1.26. The lowest BCUT2D eigenvalue weighted by atomic mass is 10.1. The number of nitrogens with zero attached hydrogens (tertiary/aromatic N) is 2. The summed E-state index contributed by atoms with van der Waals surface area (Å²) in [6, 6.07) is 17.8. The summed E-state index contributed by atoms with van der Waals surface area (Å²) in [7, 11) is 1.54. The second-order valence-electron chi connectivity index (χ2n) is 7.26. The first-order valence-electron chi connectivity index (χ1n) is 9.44. The molecule has 2 heterocycles. The van der Waals surface area contributed by atoms with Crippen LogP contribution < -0.4 is 4.74 Å². The Hall–Kier alpha value is -2.66. The Balaban J connectivity index is 1.57. The number of hydrogen-bond acceptors (Lipinski definition) is 4. The van der Waals surface area contributed by atoms with Crippen LogP contribution in [0.1, 0.15) is 35.2 Å². The number of rotatable bonds is 4. The van der Waals surface area contributed by atoms with Gasteiger partial charge in [0, 0.05) is 31.6 Å². The van der Waals surface area contributed by atoms with Crippen LogP contribution >= 0.6 is 0 Å². The van der Waals surface area contributed by atoms with Crippen molar-refractivity contribution in [3.8, 4) is 5.75 Å². The minimum atomic E-state index is -0.260. The third-order valence-corrected chi connectivity index (χ3v) is 5.67. The van der Waals surface area contributed by atoms with E-state index in [0.29, 0.717) is 24.3 Å². The van der Waals surface area contributed by atoms with Gasteiger partial charge in [-0.1, -0.05) is 42.5 Å². The van der Waals surface area contributed by atoms with E-state index in [2.05, 4.69) is 17.0 Å². The molecule has 2 amide bonds. The summed E-state index contributed by atoms with van der Waals surface area (Å²) in [4.78, 5) is 29.8. The molecule has 0 spiro atoms. The molecule has 2 aliphatic rings. The Morgan fingerprint density at radius 1 is 1.04 bits per heavy atom. The van der Waals surface area contributed by atoms with Crippen LogP contribution in [0.5, 0.6) is 5.75 Å². The molecule has 0 aliphatic carbocycles. The van der Waals surface area contributed by atoms with E-state index in [0.717, 1.165) is 19.4 Å². The second-order valence-corrected chi connectivity index (χ2v) is 7.26. The Labute approximate surface area is 159 Å². The van der Waals surface area contributed by atoms with Crippen LogP contribution in [-0.4, -0.2) is 47.4 Å². The first kappa shape index (κ1) is 17.7. The predicted molar refractivity (Wildman–Crippen MR) is 102 cm³/mol. The van der Waals surface area contributed by atoms with Crippen molar-refractivity contribution >= 4 is 11.8 Å². The molecule has 4 rings (SSSR count). The zero-order valence-corrected chi connectivity index (χ0v) is 15.5. The summed E-state index contributed by atoms with van der Waals surface area (Å²) in [5, 5.41) is 0. The first-order chi connectivity index (χ1) is 13.2. The summed E-state index contributed by atoms with van der Waals surface area (Å²) in [5.74, 6) is 0.159. The quantitative estimate of drug-likeness (QED) is 0.783. The molecule has 2 fully saturated rings. The van der Waals surface area contributed by atoms with Gasteiger partial charge in [0.2, 0.25) is 5.91 Å². The average Bonchev–Trinajstić information content (AvgIpc) is 3.00. The number of fused-ring (bicyclic) bond motifs is 2. The molecule has 140 valence electrons. The van der Waals surface area contributed by atoms with Gasteiger partial charge in [-0.2, -0.15) is 0 Å². The molecular weight excluding hydrogens is 340 g/mol. The third kappa shape index (κ3) is 3.47. The topological polar surface area (TPSA) is 49.9 Å². The fourth-order valence-corrected chi connectivity index (χ4v) is 4.27. The Morgan fingerprint density at radius 2 is 1.74 bits per heavy atom. The number of amides is 2. The molecule has 5 heteroatoms. The van der Waals surface area contributed by atoms with E-state index in [1.54, 1.807) is 25.3 Å². The number of methoxy groups -OCH3 is 1. The van der Waals surface area contributed by atoms with Crippen LogP contribution in [0.3, 0.4) is 0 Å². The van der Waals surface area contributed by atoms with E-state index < -0.39 is 0 Å². The molecular formula is C22H24N2O3. The number of imide groups is 1. The van der Waals surface area contributed by atoms with Crippen molar-refractivity contribution in [2.24, 2.45) is 0 Å². The maximum atomic E-state index is 13.1. The number of ether oxygens (including phenoxy) is 1. The highest BCUT2D eigenvalue weighted by Gasteiger charge is 2.42. The van der Waals surface area contributed by atoms with Crippen molar-refractivity contribution in [1.82, 2.24) is 9.80 Å². The number of benzene rings is 2. The molecule has 0 N–H and O–H groups in total. The van der Waals surface area contributed by atoms with E-state index in [9.17, 15) is 9.59 Å². The molecule has 0 aromatic heterocycles. The normalized spacial score (nSPS) is 22.6. The molecule has 2 atom stereocenters. The number of carbonyl (C=O) groups is 2. The van der Waals surface area contributed by atoms with E-state index in [1.165, 1.54) is 10.5 Å². The monoisotopic (exact) mass is 364 g/mol. The third-order valence-electron chi connectivity index (χ3n) is 5.67. The summed E-state index contributed by atoms with van der Waals surface area (Å²) >= 11 is 0. The van der Waals surface area contributed by atoms with Gasteiger partial charge in [-0.15, -0.1) is 0 Å². The fourth-order valence-electron chi connectivity index (χ4n) is 4.27. The van der Waals surface area contributed by atoms with Crippen molar-refractivity contribution in [2.75, 3.05) is 13.7 Å². The van der Waals surface area contributed by atoms with Gasteiger partial charge in [0.05, 0.1) is 12.7 Å². The number of hydrogen-bond donors (Lipinski definition) is 0. The van der Waals surface area contributed by atoms with Crippen molar-refractivity contribution in [3.05, 3.63) is 65.7 Å². The van der Waals surface area contributed by atoms with E-state index in [4.69, 9.17) is 4.74 Å². The van der Waals surface area contributed by atoms with Gasteiger partial charge in [-0.25, -0.2) is 0 Å². The van der Waals surface area contributed by atoms with Crippen LogP contribution in [0, 0.1) is 0 Å². The van der Waals surface area contributed by atoms with Gasteiger partial charge in [-0.3, -0.25) is 19.4 Å². The van der Waals surface area contributed by atoms with Crippen molar-refractivity contribution in [3.63, 3.8) is 0 Å². The van der Waals surface area contributed by atoms with Gasteiger partial charge in [-0.05, 0) is 30.5 Å². The van der Waals surface area contributed by atoms with Crippen LogP contribution in [0.25, 0.3) is 0 Å². The molecule has 2 bridgehead atoms. The first-order valence-corrected chi connectivity index (χ1v) is 9.44. The van der Waals surface area contributed by atoms with Crippen LogP contribution in [-0.2, 0) is 11.3 Å². The Morgan fingerprint density at radius 3 is 2.52 bits per heavy atom. The molecule has 5 nitrogen and oxygen atoms in total. The maximum Gasteiger partial charge on any atom is 0.264 e. The maximum absolute atomic E-state index is 13.1. The molecule has 0 radical (unpaired) electrons. The molecule has 0 saturated carbocycles. The zero-order chi connectivity index (χ0) is 18.8. The zero-order valence-electron chi connectivity index (χ0n) is 15.5. The largest absolute Gasteiger partial charge is 0.496 e. The van der Waals surface area contributed by atoms with Crippen molar-refractivity contribution in [1.29, 1.82) is 0 Å². The standard InChI is InChI=1S/C22H24N2O3/c1-27-20-10-6-5-9-19(20)22(26)24-15-18-12-11-17(13-21(24)25)23(18)14-16-7-3-2-4-8-16/h2-10,17-18H,11-15H2,1H3/t17-,18+/m0/s1. The number of likely N-dealkylation sites (tertiary alicyclic amines) is 1. The second kappa shape index (κ2) is 7.53. The summed E-state index contributed by atoms with van der Waals surface area (Å²) < 4.78 is 5.32.